The van der Waals surface area contributed by atoms with Gasteiger partial charge in [-0.1, -0.05) is 31.2 Å². The molecule has 2 heterocycles. The Labute approximate surface area is 202 Å². The van der Waals surface area contributed by atoms with Crippen LogP contribution in [0, 0.1) is 0 Å². The van der Waals surface area contributed by atoms with Crippen LogP contribution >= 0.6 is 24.0 Å². The molecule has 2 atom stereocenters. The Morgan fingerprint density at radius 3 is 2.55 bits per heavy atom. The van der Waals surface area contributed by atoms with E-state index in [9.17, 15) is 0 Å². The molecule has 1 fully saturated rings. The lowest BCUT2D eigenvalue weighted by atomic mass is 10.1. The van der Waals surface area contributed by atoms with E-state index in [-0.39, 0.29) is 36.2 Å². The highest BCUT2D eigenvalue weighted by molar-refractivity contribution is 14.0. The van der Waals surface area contributed by atoms with Gasteiger partial charge in [-0.3, -0.25) is 9.89 Å². The molecule has 9 heteroatoms. The predicted molar refractivity (Wildman–Crippen MR) is 135 cm³/mol. The number of aliphatic imine (C=N–C) groups is 1. The van der Waals surface area contributed by atoms with Crippen molar-refractivity contribution in [3.05, 3.63) is 47.5 Å². The topological polar surface area (TPSA) is 79.6 Å². The maximum absolute atomic E-state index is 5.87. The van der Waals surface area contributed by atoms with Gasteiger partial charge in [0.1, 0.15) is 12.2 Å². The first-order valence-electron chi connectivity index (χ1n) is 10.8. The van der Waals surface area contributed by atoms with Gasteiger partial charge in [-0.2, -0.15) is 0 Å². The molecule has 172 valence electrons. The second-order valence-electron chi connectivity index (χ2n) is 7.87. The first-order valence-corrected chi connectivity index (χ1v) is 10.8. The summed E-state index contributed by atoms with van der Waals surface area (Å²) in [5, 5.41) is 14.9. The van der Waals surface area contributed by atoms with Crippen LogP contribution in [-0.2, 0) is 30.8 Å². The molecule has 0 aliphatic carbocycles. The van der Waals surface area contributed by atoms with Crippen molar-refractivity contribution >= 4 is 29.9 Å². The number of morpholine rings is 1. The first kappa shape index (κ1) is 25.5. The van der Waals surface area contributed by atoms with E-state index >= 15 is 0 Å². The second-order valence-corrected chi connectivity index (χ2v) is 7.87. The zero-order valence-electron chi connectivity index (χ0n) is 19.0. The summed E-state index contributed by atoms with van der Waals surface area (Å²) in [7, 11) is 1.80. The van der Waals surface area contributed by atoms with Crippen LogP contribution in [0.5, 0.6) is 0 Å². The van der Waals surface area contributed by atoms with Gasteiger partial charge in [0, 0.05) is 52.7 Å². The van der Waals surface area contributed by atoms with Crippen molar-refractivity contribution in [2.45, 2.75) is 59.0 Å². The minimum absolute atomic E-state index is 0. The van der Waals surface area contributed by atoms with Crippen molar-refractivity contribution in [3.8, 4) is 0 Å². The fourth-order valence-electron chi connectivity index (χ4n) is 3.97. The highest BCUT2D eigenvalue weighted by Gasteiger charge is 2.22. The third kappa shape index (κ3) is 7.73. The fourth-order valence-corrected chi connectivity index (χ4v) is 3.97. The van der Waals surface area contributed by atoms with Crippen LogP contribution in [0.4, 0.5) is 0 Å². The van der Waals surface area contributed by atoms with E-state index in [0.29, 0.717) is 0 Å². The van der Waals surface area contributed by atoms with E-state index in [1.54, 1.807) is 13.4 Å². The number of ether oxygens (including phenoxy) is 1. The van der Waals surface area contributed by atoms with Gasteiger partial charge >= 0.3 is 0 Å². The van der Waals surface area contributed by atoms with Gasteiger partial charge in [0.15, 0.2) is 5.96 Å². The number of nitrogens with one attached hydrogen (secondary N) is 2. The van der Waals surface area contributed by atoms with Crippen LogP contribution in [-0.4, -0.2) is 64.5 Å². The number of guanidine groups is 1. The highest BCUT2D eigenvalue weighted by atomic mass is 127. The quantitative estimate of drug-likeness (QED) is 0.304. The van der Waals surface area contributed by atoms with E-state index in [0.717, 1.165) is 57.5 Å². The molecule has 1 aromatic carbocycles. The van der Waals surface area contributed by atoms with Gasteiger partial charge < -0.3 is 19.9 Å². The summed E-state index contributed by atoms with van der Waals surface area (Å²) in [5.41, 5.74) is 2.64. The number of rotatable bonds is 8. The fraction of sp³-hybridized carbons (Fsp3) is 0.591. The minimum atomic E-state index is 0. The number of nitrogens with zero attached hydrogens (tertiary/aromatic N) is 5. The van der Waals surface area contributed by atoms with Gasteiger partial charge in [-0.05, 0) is 25.0 Å². The zero-order valence-corrected chi connectivity index (χ0v) is 21.4. The smallest absolute Gasteiger partial charge is 0.191 e. The standard InChI is InChI=1S/C22H35N7O.HI/c1-5-21-27-26-16-29(21)11-10-24-22(23-4)25-12-19-8-6-7-9-20(19)15-28-13-17(2)30-18(3)14-28;/h6-9,16-18H,5,10-15H2,1-4H3,(H2,23,24,25);1H. The Morgan fingerprint density at radius 1 is 1.16 bits per heavy atom. The molecule has 8 nitrogen and oxygen atoms in total. The molecular weight excluding hydrogens is 505 g/mol. The number of hydrogen-bond acceptors (Lipinski definition) is 5. The maximum Gasteiger partial charge on any atom is 0.191 e. The molecular formula is C22H36IN7O. The van der Waals surface area contributed by atoms with Gasteiger partial charge in [0.25, 0.3) is 0 Å². The number of aromatic nitrogens is 3. The molecule has 1 aromatic heterocycles. The van der Waals surface area contributed by atoms with Crippen LogP contribution < -0.4 is 10.6 Å². The Kier molecular flexibility index (Phi) is 10.7. The third-order valence-electron chi connectivity index (χ3n) is 5.33. The van der Waals surface area contributed by atoms with Crippen LogP contribution in [0.15, 0.2) is 35.6 Å². The largest absolute Gasteiger partial charge is 0.373 e. The summed E-state index contributed by atoms with van der Waals surface area (Å²) in [6.45, 7) is 11.6. The molecule has 3 rings (SSSR count). The number of benzene rings is 1. The Hall–Kier alpha value is -1.72. The van der Waals surface area contributed by atoms with Gasteiger partial charge in [0.05, 0.1) is 12.2 Å². The SMILES string of the molecule is CCc1nncn1CCNC(=NC)NCc1ccccc1CN1CC(C)OC(C)C1.I. The van der Waals surface area contributed by atoms with E-state index in [2.05, 4.69) is 80.3 Å². The zero-order chi connectivity index (χ0) is 21.3. The van der Waals surface area contributed by atoms with Gasteiger partial charge in [0.2, 0.25) is 0 Å². The summed E-state index contributed by atoms with van der Waals surface area (Å²) in [6.07, 6.45) is 3.21. The lowest BCUT2D eigenvalue weighted by molar-refractivity contribution is -0.0705. The van der Waals surface area contributed by atoms with Crippen molar-refractivity contribution in [2.75, 3.05) is 26.7 Å². The van der Waals surface area contributed by atoms with Crippen molar-refractivity contribution in [1.82, 2.24) is 30.3 Å². The van der Waals surface area contributed by atoms with E-state index in [1.165, 1.54) is 11.1 Å². The molecule has 1 aliphatic rings. The summed E-state index contributed by atoms with van der Waals surface area (Å²) in [5.74, 6) is 1.80. The Bertz CT molecular complexity index is 816. The molecule has 0 radical (unpaired) electrons. The average Bonchev–Trinajstić information content (AvgIpc) is 3.18. The molecule has 0 spiro atoms. The Balaban J connectivity index is 0.00000341. The summed E-state index contributed by atoms with van der Waals surface area (Å²) < 4.78 is 7.94. The summed E-state index contributed by atoms with van der Waals surface area (Å²) in [4.78, 5) is 6.84. The molecule has 31 heavy (non-hydrogen) atoms. The molecule has 0 amide bonds. The van der Waals surface area contributed by atoms with Crippen molar-refractivity contribution in [1.29, 1.82) is 0 Å². The molecule has 2 unspecified atom stereocenters. The van der Waals surface area contributed by atoms with Crippen LogP contribution in [0.2, 0.25) is 0 Å². The third-order valence-corrected chi connectivity index (χ3v) is 5.33. The predicted octanol–water partition coefficient (Wildman–Crippen LogP) is 2.43. The lowest BCUT2D eigenvalue weighted by Gasteiger charge is -2.35. The monoisotopic (exact) mass is 541 g/mol. The van der Waals surface area contributed by atoms with Crippen molar-refractivity contribution < 1.29 is 4.74 Å². The van der Waals surface area contributed by atoms with Crippen LogP contribution in [0.25, 0.3) is 0 Å². The normalized spacial score (nSPS) is 19.7. The van der Waals surface area contributed by atoms with E-state index in [1.807, 2.05) is 0 Å². The minimum Gasteiger partial charge on any atom is -0.373 e. The van der Waals surface area contributed by atoms with Gasteiger partial charge in [-0.25, -0.2) is 0 Å². The summed E-state index contributed by atoms with van der Waals surface area (Å²) in [6, 6.07) is 8.62. The van der Waals surface area contributed by atoms with Crippen molar-refractivity contribution in [2.24, 2.45) is 4.99 Å². The molecule has 1 aliphatic heterocycles. The molecule has 0 saturated carbocycles. The first-order chi connectivity index (χ1) is 14.6. The van der Waals surface area contributed by atoms with Crippen LogP contribution in [0.1, 0.15) is 37.7 Å². The van der Waals surface area contributed by atoms with Crippen molar-refractivity contribution in [3.63, 3.8) is 0 Å². The molecule has 0 bridgehead atoms. The molecule has 2 aromatic rings. The van der Waals surface area contributed by atoms with E-state index < -0.39 is 0 Å². The molecule has 2 N–H and O–H groups in total. The Morgan fingerprint density at radius 2 is 1.87 bits per heavy atom. The average molecular weight is 541 g/mol. The van der Waals surface area contributed by atoms with Gasteiger partial charge in [-0.15, -0.1) is 34.2 Å². The number of aryl methyl sites for hydroxylation is 1. The molecule has 1 saturated heterocycles. The van der Waals surface area contributed by atoms with Crippen LogP contribution in [0.3, 0.4) is 0 Å². The highest BCUT2D eigenvalue weighted by Crippen LogP contribution is 2.17. The maximum atomic E-state index is 5.87. The number of halogens is 1. The number of hydrogen-bond donors (Lipinski definition) is 2. The lowest BCUT2D eigenvalue weighted by Crippen LogP contribution is -2.45. The second kappa shape index (κ2) is 13.0. The van der Waals surface area contributed by atoms with E-state index in [4.69, 9.17) is 4.74 Å². The summed E-state index contributed by atoms with van der Waals surface area (Å²) >= 11 is 0.